The van der Waals surface area contributed by atoms with Crippen LogP contribution in [-0.4, -0.2) is 27.7 Å². The van der Waals surface area contributed by atoms with Gasteiger partial charge < -0.3 is 5.32 Å². The van der Waals surface area contributed by atoms with Crippen molar-refractivity contribution in [3.8, 4) is 11.3 Å². The van der Waals surface area contributed by atoms with Gasteiger partial charge in [-0.25, -0.2) is 14.3 Å². The monoisotopic (exact) mass is 335 g/mol. The van der Waals surface area contributed by atoms with Gasteiger partial charge in [-0.2, -0.15) is 18.3 Å². The predicted octanol–water partition coefficient (Wildman–Crippen LogP) is 3.17. The Morgan fingerprint density at radius 1 is 1.21 bits per heavy atom. The molecule has 0 unspecified atom stereocenters. The largest absolute Gasteiger partial charge is 0.416 e. The Kier molecular flexibility index (Phi) is 3.84. The SMILES string of the molecule is CNC(=O)Nc1cn2nc(-c3cccc(C(F)(F)F)c3)ccc2n1. The van der Waals surface area contributed by atoms with Crippen LogP contribution < -0.4 is 10.6 Å². The zero-order valence-electron chi connectivity index (χ0n) is 12.4. The molecule has 2 aromatic heterocycles. The maximum Gasteiger partial charge on any atom is 0.416 e. The minimum atomic E-state index is -4.42. The highest BCUT2D eigenvalue weighted by Gasteiger charge is 2.30. The van der Waals surface area contributed by atoms with Gasteiger partial charge in [-0.1, -0.05) is 12.1 Å². The average Bonchev–Trinajstić information content (AvgIpc) is 2.95. The molecule has 0 aliphatic carbocycles. The number of anilines is 1. The van der Waals surface area contributed by atoms with Crippen LogP contribution in [0.25, 0.3) is 16.9 Å². The number of halogens is 3. The molecule has 0 bridgehead atoms. The number of fused-ring (bicyclic) bond motifs is 1. The molecule has 1 aromatic carbocycles. The summed E-state index contributed by atoms with van der Waals surface area (Å²) in [4.78, 5) is 15.4. The Morgan fingerprint density at radius 2 is 2.00 bits per heavy atom. The number of amides is 2. The summed E-state index contributed by atoms with van der Waals surface area (Å²) in [5.41, 5.74) is 0.408. The van der Waals surface area contributed by atoms with Gasteiger partial charge in [0, 0.05) is 12.6 Å². The summed E-state index contributed by atoms with van der Waals surface area (Å²) < 4.78 is 39.8. The number of alkyl halides is 3. The summed E-state index contributed by atoms with van der Waals surface area (Å²) in [6.45, 7) is 0. The van der Waals surface area contributed by atoms with E-state index < -0.39 is 17.8 Å². The minimum absolute atomic E-state index is 0.281. The van der Waals surface area contributed by atoms with Crippen molar-refractivity contribution in [2.75, 3.05) is 12.4 Å². The van der Waals surface area contributed by atoms with Crippen molar-refractivity contribution in [1.82, 2.24) is 19.9 Å². The summed E-state index contributed by atoms with van der Waals surface area (Å²) >= 11 is 0. The van der Waals surface area contributed by atoms with E-state index in [0.717, 1.165) is 12.1 Å². The molecule has 9 heteroatoms. The maximum absolute atomic E-state index is 12.8. The van der Waals surface area contributed by atoms with Crippen molar-refractivity contribution >= 4 is 17.5 Å². The Hall–Kier alpha value is -3.10. The average molecular weight is 335 g/mol. The lowest BCUT2D eigenvalue weighted by molar-refractivity contribution is -0.137. The van der Waals surface area contributed by atoms with Crippen LogP contribution in [-0.2, 0) is 6.18 Å². The number of hydrogen-bond donors (Lipinski definition) is 2. The molecule has 0 fully saturated rings. The fourth-order valence-electron chi connectivity index (χ4n) is 2.13. The Morgan fingerprint density at radius 3 is 2.71 bits per heavy atom. The quantitative estimate of drug-likeness (QED) is 0.756. The third-order valence-corrected chi connectivity index (χ3v) is 3.27. The molecule has 3 aromatic rings. The van der Waals surface area contributed by atoms with Gasteiger partial charge in [0.25, 0.3) is 0 Å². The van der Waals surface area contributed by atoms with Crippen molar-refractivity contribution in [2.24, 2.45) is 0 Å². The number of nitrogens with one attached hydrogen (secondary N) is 2. The molecule has 0 aliphatic heterocycles. The normalized spacial score (nSPS) is 11.5. The third kappa shape index (κ3) is 3.14. The first-order valence-corrected chi connectivity index (χ1v) is 6.89. The van der Waals surface area contributed by atoms with Crippen molar-refractivity contribution in [3.05, 3.63) is 48.2 Å². The van der Waals surface area contributed by atoms with Crippen LogP contribution in [0.2, 0.25) is 0 Å². The van der Waals surface area contributed by atoms with Gasteiger partial charge in [-0.3, -0.25) is 5.32 Å². The molecule has 0 aliphatic rings. The summed E-state index contributed by atoms with van der Waals surface area (Å²) in [6.07, 6.45) is -2.94. The number of rotatable bonds is 2. The molecule has 0 saturated carbocycles. The molecule has 0 radical (unpaired) electrons. The molecule has 6 nitrogen and oxygen atoms in total. The summed E-state index contributed by atoms with van der Waals surface area (Å²) in [7, 11) is 1.47. The van der Waals surface area contributed by atoms with Crippen molar-refractivity contribution in [1.29, 1.82) is 0 Å². The summed E-state index contributed by atoms with van der Waals surface area (Å²) in [5.74, 6) is 0.281. The van der Waals surface area contributed by atoms with Crippen LogP contribution in [0.1, 0.15) is 5.56 Å². The van der Waals surface area contributed by atoms with Gasteiger partial charge in [0.05, 0.1) is 17.5 Å². The lowest BCUT2D eigenvalue weighted by Crippen LogP contribution is -2.24. The zero-order chi connectivity index (χ0) is 17.3. The lowest BCUT2D eigenvalue weighted by Gasteiger charge is -2.08. The number of hydrogen-bond acceptors (Lipinski definition) is 3. The predicted molar refractivity (Wildman–Crippen MR) is 81.5 cm³/mol. The first kappa shape index (κ1) is 15.8. The van der Waals surface area contributed by atoms with Gasteiger partial charge in [0.15, 0.2) is 11.5 Å². The van der Waals surface area contributed by atoms with Crippen LogP contribution >= 0.6 is 0 Å². The summed E-state index contributed by atoms with van der Waals surface area (Å²) in [6, 6.07) is 7.66. The molecule has 24 heavy (non-hydrogen) atoms. The number of carbonyl (C=O) groups excluding carboxylic acids is 1. The third-order valence-electron chi connectivity index (χ3n) is 3.27. The second kappa shape index (κ2) is 5.84. The molecule has 0 spiro atoms. The smallest absolute Gasteiger partial charge is 0.341 e. The van der Waals surface area contributed by atoms with Gasteiger partial charge >= 0.3 is 12.2 Å². The van der Waals surface area contributed by atoms with E-state index in [1.807, 2.05) is 0 Å². The molecule has 124 valence electrons. The minimum Gasteiger partial charge on any atom is -0.341 e. The fourth-order valence-corrected chi connectivity index (χ4v) is 2.13. The molecular weight excluding hydrogens is 323 g/mol. The van der Waals surface area contributed by atoms with Crippen LogP contribution in [0.15, 0.2) is 42.6 Å². The molecule has 2 N–H and O–H groups in total. The van der Waals surface area contributed by atoms with E-state index >= 15 is 0 Å². The number of urea groups is 1. The summed E-state index contributed by atoms with van der Waals surface area (Å²) in [5, 5.41) is 9.13. The lowest BCUT2D eigenvalue weighted by atomic mass is 10.1. The van der Waals surface area contributed by atoms with E-state index in [1.165, 1.54) is 23.8 Å². The zero-order valence-corrected chi connectivity index (χ0v) is 12.4. The van der Waals surface area contributed by atoms with E-state index in [0.29, 0.717) is 16.9 Å². The van der Waals surface area contributed by atoms with Gasteiger partial charge in [-0.15, -0.1) is 0 Å². The van der Waals surface area contributed by atoms with E-state index in [2.05, 4.69) is 20.7 Å². The Bertz CT molecular complexity index is 904. The molecule has 2 amide bonds. The first-order valence-electron chi connectivity index (χ1n) is 6.89. The molecular formula is C15H12F3N5O. The number of nitrogens with zero attached hydrogens (tertiary/aromatic N) is 3. The fraction of sp³-hybridized carbons (Fsp3) is 0.133. The van der Waals surface area contributed by atoms with Gasteiger partial charge in [0.2, 0.25) is 0 Å². The number of benzene rings is 1. The van der Waals surface area contributed by atoms with Crippen LogP contribution in [0.4, 0.5) is 23.8 Å². The maximum atomic E-state index is 12.8. The molecule has 2 heterocycles. The van der Waals surface area contributed by atoms with Gasteiger partial charge in [0.1, 0.15) is 0 Å². The molecule has 0 saturated heterocycles. The van der Waals surface area contributed by atoms with Crippen molar-refractivity contribution in [3.63, 3.8) is 0 Å². The van der Waals surface area contributed by atoms with E-state index in [9.17, 15) is 18.0 Å². The first-order chi connectivity index (χ1) is 11.4. The molecule has 3 rings (SSSR count). The molecule has 0 atom stereocenters. The Balaban J connectivity index is 1.97. The van der Waals surface area contributed by atoms with Crippen molar-refractivity contribution < 1.29 is 18.0 Å². The van der Waals surface area contributed by atoms with Crippen LogP contribution in [0, 0.1) is 0 Å². The van der Waals surface area contributed by atoms with E-state index in [1.54, 1.807) is 18.2 Å². The highest BCUT2D eigenvalue weighted by atomic mass is 19.4. The second-order valence-corrected chi connectivity index (χ2v) is 4.93. The Labute approximate surface area is 134 Å². The number of carbonyl (C=O) groups is 1. The number of imidazole rings is 1. The van der Waals surface area contributed by atoms with Crippen LogP contribution in [0.5, 0.6) is 0 Å². The van der Waals surface area contributed by atoms with Crippen molar-refractivity contribution in [2.45, 2.75) is 6.18 Å². The topological polar surface area (TPSA) is 71.3 Å². The van der Waals surface area contributed by atoms with E-state index in [4.69, 9.17) is 0 Å². The number of aromatic nitrogens is 3. The standard InChI is InChI=1S/C15H12F3N5O/c1-19-14(24)21-12-8-23-13(20-12)6-5-11(22-23)9-3-2-4-10(7-9)15(16,17)18/h2-8H,1H3,(H2,19,21,24). The van der Waals surface area contributed by atoms with E-state index in [-0.39, 0.29) is 5.82 Å². The highest BCUT2D eigenvalue weighted by Crippen LogP contribution is 2.31. The van der Waals surface area contributed by atoms with Gasteiger partial charge in [-0.05, 0) is 24.3 Å². The second-order valence-electron chi connectivity index (χ2n) is 4.93. The van der Waals surface area contributed by atoms with Crippen LogP contribution in [0.3, 0.4) is 0 Å². The highest BCUT2D eigenvalue weighted by molar-refractivity contribution is 5.88.